The van der Waals surface area contributed by atoms with Crippen molar-refractivity contribution in [1.29, 1.82) is 0 Å². The largest absolute Gasteiger partial charge is 0.444 e. The summed E-state index contributed by atoms with van der Waals surface area (Å²) >= 11 is 5.99. The molecule has 114 valence electrons. The SMILES string of the molecule is CN(C)C(=O)C(OC(=O)c1ccccc1Cl)c1ccccc1. The van der Waals surface area contributed by atoms with Gasteiger partial charge in [0.25, 0.3) is 5.91 Å². The zero-order valence-electron chi connectivity index (χ0n) is 12.3. The van der Waals surface area contributed by atoms with Crippen molar-refractivity contribution in [3.05, 3.63) is 70.7 Å². The van der Waals surface area contributed by atoms with E-state index in [1.165, 1.54) is 4.90 Å². The molecule has 0 radical (unpaired) electrons. The minimum absolute atomic E-state index is 0.233. The van der Waals surface area contributed by atoms with Crippen molar-refractivity contribution in [2.24, 2.45) is 0 Å². The van der Waals surface area contributed by atoms with Crippen LogP contribution in [0.4, 0.5) is 0 Å². The van der Waals surface area contributed by atoms with E-state index >= 15 is 0 Å². The maximum atomic E-state index is 12.3. The highest BCUT2D eigenvalue weighted by Gasteiger charge is 2.27. The quantitative estimate of drug-likeness (QED) is 0.813. The molecule has 0 fully saturated rings. The lowest BCUT2D eigenvalue weighted by Gasteiger charge is -2.21. The normalized spacial score (nSPS) is 11.6. The minimum Gasteiger partial charge on any atom is -0.444 e. The van der Waals surface area contributed by atoms with Gasteiger partial charge in [-0.1, -0.05) is 54.1 Å². The fourth-order valence-corrected chi connectivity index (χ4v) is 2.13. The number of benzene rings is 2. The van der Waals surface area contributed by atoms with E-state index in [9.17, 15) is 9.59 Å². The Morgan fingerprint density at radius 1 is 1.00 bits per heavy atom. The lowest BCUT2D eigenvalue weighted by Crippen LogP contribution is -2.31. The summed E-state index contributed by atoms with van der Waals surface area (Å²) in [5, 5.41) is 0.289. The van der Waals surface area contributed by atoms with Crippen molar-refractivity contribution in [3.63, 3.8) is 0 Å². The molecule has 0 heterocycles. The van der Waals surface area contributed by atoms with Crippen molar-refractivity contribution in [2.75, 3.05) is 14.1 Å². The van der Waals surface area contributed by atoms with Crippen molar-refractivity contribution in [2.45, 2.75) is 6.10 Å². The molecule has 0 N–H and O–H groups in total. The van der Waals surface area contributed by atoms with Gasteiger partial charge in [-0.25, -0.2) is 4.79 Å². The molecule has 0 saturated heterocycles. The van der Waals surface area contributed by atoms with Crippen LogP contribution in [-0.2, 0) is 9.53 Å². The fraction of sp³-hybridized carbons (Fsp3) is 0.176. The Kier molecular flexibility index (Phi) is 5.17. The lowest BCUT2D eigenvalue weighted by atomic mass is 10.1. The summed E-state index contributed by atoms with van der Waals surface area (Å²) < 4.78 is 5.41. The number of hydrogen-bond donors (Lipinski definition) is 0. The first-order valence-electron chi connectivity index (χ1n) is 6.72. The van der Waals surface area contributed by atoms with E-state index in [-0.39, 0.29) is 16.5 Å². The molecule has 2 rings (SSSR count). The molecule has 1 unspecified atom stereocenters. The molecule has 0 aliphatic rings. The molecule has 0 saturated carbocycles. The summed E-state index contributed by atoms with van der Waals surface area (Å²) in [7, 11) is 3.23. The molecule has 2 aromatic carbocycles. The molecule has 2 aromatic rings. The van der Waals surface area contributed by atoms with Gasteiger partial charge in [-0.3, -0.25) is 4.79 Å². The average molecular weight is 318 g/mol. The van der Waals surface area contributed by atoms with Gasteiger partial charge in [0, 0.05) is 19.7 Å². The van der Waals surface area contributed by atoms with Gasteiger partial charge < -0.3 is 9.64 Å². The van der Waals surface area contributed by atoms with Gasteiger partial charge in [0.1, 0.15) is 0 Å². The van der Waals surface area contributed by atoms with E-state index in [4.69, 9.17) is 16.3 Å². The Hall–Kier alpha value is -2.33. The third-order valence-corrected chi connectivity index (χ3v) is 3.42. The van der Waals surface area contributed by atoms with Crippen LogP contribution in [0.2, 0.25) is 5.02 Å². The highest BCUT2D eigenvalue weighted by Crippen LogP contribution is 2.23. The van der Waals surface area contributed by atoms with Gasteiger partial charge in [0.2, 0.25) is 6.10 Å². The maximum Gasteiger partial charge on any atom is 0.340 e. The molecule has 4 nitrogen and oxygen atoms in total. The van der Waals surface area contributed by atoms with Gasteiger partial charge in [-0.05, 0) is 12.1 Å². The molecule has 1 atom stereocenters. The number of hydrogen-bond acceptors (Lipinski definition) is 3. The van der Waals surface area contributed by atoms with Crippen LogP contribution in [0.25, 0.3) is 0 Å². The molecule has 0 aromatic heterocycles. The van der Waals surface area contributed by atoms with Crippen LogP contribution in [0.5, 0.6) is 0 Å². The van der Waals surface area contributed by atoms with Crippen LogP contribution in [0, 0.1) is 0 Å². The monoisotopic (exact) mass is 317 g/mol. The maximum absolute atomic E-state index is 12.3. The van der Waals surface area contributed by atoms with Gasteiger partial charge in [-0.2, -0.15) is 0 Å². The average Bonchev–Trinajstić information content (AvgIpc) is 2.53. The first-order chi connectivity index (χ1) is 10.5. The first kappa shape index (κ1) is 16.0. The highest BCUT2D eigenvalue weighted by atomic mass is 35.5. The lowest BCUT2D eigenvalue weighted by molar-refractivity contribution is -0.138. The van der Waals surface area contributed by atoms with Gasteiger partial charge in [0.05, 0.1) is 10.6 Å². The van der Waals surface area contributed by atoms with E-state index in [1.807, 2.05) is 6.07 Å². The Morgan fingerprint density at radius 3 is 2.18 bits per heavy atom. The molecule has 5 heteroatoms. The van der Waals surface area contributed by atoms with Crippen molar-refractivity contribution >= 4 is 23.5 Å². The van der Waals surface area contributed by atoms with Crippen LogP contribution >= 0.6 is 11.6 Å². The van der Waals surface area contributed by atoms with Crippen LogP contribution < -0.4 is 0 Å². The third kappa shape index (κ3) is 3.65. The standard InChI is InChI=1S/C17H16ClNO3/c1-19(2)16(20)15(12-8-4-3-5-9-12)22-17(21)13-10-6-7-11-14(13)18/h3-11,15H,1-2H3. The molecular formula is C17H16ClNO3. The second kappa shape index (κ2) is 7.09. The topological polar surface area (TPSA) is 46.6 Å². The Balaban J connectivity index is 2.29. The molecule has 1 amide bonds. The third-order valence-electron chi connectivity index (χ3n) is 3.09. The summed E-state index contributed by atoms with van der Waals surface area (Å²) in [6, 6.07) is 15.5. The van der Waals surface area contributed by atoms with Crippen LogP contribution in [0.1, 0.15) is 22.0 Å². The van der Waals surface area contributed by atoms with Crippen molar-refractivity contribution in [3.8, 4) is 0 Å². The minimum atomic E-state index is -1.00. The molecule has 0 aliphatic heterocycles. The summed E-state index contributed by atoms with van der Waals surface area (Å²) in [6.07, 6.45) is -1.00. The smallest absolute Gasteiger partial charge is 0.340 e. The first-order valence-corrected chi connectivity index (χ1v) is 7.10. The van der Waals surface area contributed by atoms with E-state index < -0.39 is 12.1 Å². The second-order valence-corrected chi connectivity index (χ2v) is 5.32. The number of amides is 1. The molecular weight excluding hydrogens is 302 g/mol. The molecule has 0 aliphatic carbocycles. The Morgan fingerprint density at radius 2 is 1.59 bits per heavy atom. The van der Waals surface area contributed by atoms with E-state index in [1.54, 1.807) is 62.6 Å². The number of carbonyl (C=O) groups excluding carboxylic acids is 2. The van der Waals surface area contributed by atoms with Crippen LogP contribution in [0.15, 0.2) is 54.6 Å². The number of esters is 1. The van der Waals surface area contributed by atoms with E-state index in [0.29, 0.717) is 5.56 Å². The summed E-state index contributed by atoms with van der Waals surface area (Å²) in [5.41, 5.74) is 0.846. The predicted octanol–water partition coefficient (Wildman–Crippen LogP) is 3.33. The van der Waals surface area contributed by atoms with Gasteiger partial charge >= 0.3 is 5.97 Å². The zero-order chi connectivity index (χ0) is 16.1. The number of carbonyl (C=O) groups is 2. The fourth-order valence-electron chi connectivity index (χ4n) is 1.92. The van der Waals surface area contributed by atoms with E-state index in [0.717, 1.165) is 0 Å². The number of ether oxygens (including phenoxy) is 1. The molecule has 0 spiro atoms. The Labute approximate surface area is 134 Å². The highest BCUT2D eigenvalue weighted by molar-refractivity contribution is 6.33. The van der Waals surface area contributed by atoms with Crippen molar-refractivity contribution < 1.29 is 14.3 Å². The number of halogens is 1. The molecule has 0 bridgehead atoms. The summed E-state index contributed by atoms with van der Waals surface area (Å²) in [5.74, 6) is -0.943. The van der Waals surface area contributed by atoms with Gasteiger partial charge in [0.15, 0.2) is 0 Å². The second-order valence-electron chi connectivity index (χ2n) is 4.91. The summed E-state index contributed by atoms with van der Waals surface area (Å²) in [6.45, 7) is 0. The number of likely N-dealkylation sites (N-methyl/N-ethyl adjacent to an activating group) is 1. The summed E-state index contributed by atoms with van der Waals surface area (Å²) in [4.78, 5) is 26.0. The Bertz CT molecular complexity index is 671. The zero-order valence-corrected chi connectivity index (χ0v) is 13.1. The van der Waals surface area contributed by atoms with E-state index in [2.05, 4.69) is 0 Å². The number of nitrogens with zero attached hydrogens (tertiary/aromatic N) is 1. The van der Waals surface area contributed by atoms with Crippen LogP contribution in [-0.4, -0.2) is 30.9 Å². The number of rotatable bonds is 4. The van der Waals surface area contributed by atoms with Gasteiger partial charge in [-0.15, -0.1) is 0 Å². The predicted molar refractivity (Wildman–Crippen MR) is 84.7 cm³/mol. The van der Waals surface area contributed by atoms with Crippen LogP contribution in [0.3, 0.4) is 0 Å². The van der Waals surface area contributed by atoms with Crippen molar-refractivity contribution in [1.82, 2.24) is 4.90 Å². The molecule has 22 heavy (non-hydrogen) atoms.